The number of carbonyl (C=O) groups excluding carboxylic acids is 2. The molecule has 0 unspecified atom stereocenters. The van der Waals surface area contributed by atoms with Crippen LogP contribution in [0, 0.1) is 11.8 Å². The van der Waals surface area contributed by atoms with Gasteiger partial charge in [0.05, 0.1) is 16.7 Å². The molecule has 1 aliphatic carbocycles. The lowest BCUT2D eigenvalue weighted by atomic mass is 9.82. The third-order valence-electron chi connectivity index (χ3n) is 3.86. The number of carboxylic acid groups (broad SMARTS) is 1. The van der Waals surface area contributed by atoms with Crippen molar-refractivity contribution in [3.05, 3.63) is 35.4 Å². The summed E-state index contributed by atoms with van der Waals surface area (Å²) in [5.74, 6) is -4.02. The van der Waals surface area contributed by atoms with E-state index in [2.05, 4.69) is 5.32 Å². The maximum absolute atomic E-state index is 12.4. The van der Waals surface area contributed by atoms with Crippen LogP contribution in [0.25, 0.3) is 0 Å². The summed E-state index contributed by atoms with van der Waals surface area (Å²) in [5, 5.41) is 12.3. The molecule has 0 spiro atoms. The predicted octanol–water partition coefficient (Wildman–Crippen LogP) is 1.68. The Morgan fingerprint density at radius 2 is 1.77 bits per heavy atom. The minimum Gasteiger partial charge on any atom is -0.481 e. The van der Waals surface area contributed by atoms with Gasteiger partial charge in [-0.25, -0.2) is 13.1 Å². The van der Waals surface area contributed by atoms with Crippen molar-refractivity contribution < 1.29 is 27.9 Å². The molecule has 26 heavy (non-hydrogen) atoms. The van der Waals surface area contributed by atoms with Crippen LogP contribution in [0.4, 0.5) is 5.69 Å². The summed E-state index contributed by atoms with van der Waals surface area (Å²) < 4.78 is 25.6. The van der Waals surface area contributed by atoms with Crippen molar-refractivity contribution in [1.82, 2.24) is 4.72 Å². The Labute approximate surface area is 155 Å². The highest BCUT2D eigenvalue weighted by atomic mass is 35.5. The Morgan fingerprint density at radius 3 is 2.31 bits per heavy atom. The highest BCUT2D eigenvalue weighted by Gasteiger charge is 2.36. The van der Waals surface area contributed by atoms with Crippen LogP contribution >= 0.6 is 11.6 Å². The van der Waals surface area contributed by atoms with E-state index in [0.717, 1.165) is 6.92 Å². The number of allylic oxidation sites excluding steroid dienone is 2. The quantitative estimate of drug-likeness (QED) is 0.689. The van der Waals surface area contributed by atoms with Crippen LogP contribution in [0.2, 0.25) is 0 Å². The average molecular weight is 401 g/mol. The monoisotopic (exact) mass is 400 g/mol. The van der Waals surface area contributed by atoms with E-state index in [1.165, 1.54) is 24.3 Å². The van der Waals surface area contributed by atoms with Gasteiger partial charge >= 0.3 is 5.97 Å². The predicted molar refractivity (Wildman–Crippen MR) is 93.9 cm³/mol. The molecule has 8 nitrogen and oxygen atoms in total. The molecule has 0 heterocycles. The number of carbonyl (C=O) groups is 3. The lowest BCUT2D eigenvalue weighted by molar-refractivity contribution is -0.146. The number of hydrogen-bond acceptors (Lipinski definition) is 5. The Bertz CT molecular complexity index is 863. The van der Waals surface area contributed by atoms with E-state index in [1.54, 1.807) is 6.08 Å². The number of benzene rings is 1. The number of nitrogens with one attached hydrogen (secondary N) is 2. The third-order valence-corrected chi connectivity index (χ3v) is 5.62. The zero-order valence-corrected chi connectivity index (χ0v) is 15.3. The first-order chi connectivity index (χ1) is 12.1. The average Bonchev–Trinajstić information content (AvgIpc) is 2.53. The van der Waals surface area contributed by atoms with Crippen molar-refractivity contribution in [2.45, 2.75) is 24.7 Å². The fourth-order valence-corrected chi connectivity index (χ4v) is 3.85. The molecule has 1 aromatic carbocycles. The van der Waals surface area contributed by atoms with Gasteiger partial charge in [0.1, 0.15) is 0 Å². The number of sulfonamides is 1. The van der Waals surface area contributed by atoms with E-state index in [9.17, 15) is 27.9 Å². The summed E-state index contributed by atoms with van der Waals surface area (Å²) in [7, 11) is -3.97. The molecule has 0 bridgehead atoms. The highest BCUT2D eigenvalue weighted by Crippen LogP contribution is 2.32. The van der Waals surface area contributed by atoms with Gasteiger partial charge in [-0.1, -0.05) is 17.7 Å². The number of carboxylic acids is 1. The van der Waals surface area contributed by atoms with Crippen molar-refractivity contribution in [1.29, 1.82) is 0 Å². The van der Waals surface area contributed by atoms with Gasteiger partial charge in [-0.2, -0.15) is 0 Å². The lowest BCUT2D eigenvalue weighted by Crippen LogP contribution is -2.35. The van der Waals surface area contributed by atoms with Crippen LogP contribution in [0.3, 0.4) is 0 Å². The minimum atomic E-state index is -3.97. The van der Waals surface area contributed by atoms with Gasteiger partial charge in [0.2, 0.25) is 11.8 Å². The van der Waals surface area contributed by atoms with Crippen molar-refractivity contribution in [3.8, 4) is 0 Å². The minimum absolute atomic E-state index is 0.124. The Balaban J connectivity index is 2.13. The van der Waals surface area contributed by atoms with Crippen LogP contribution in [-0.4, -0.2) is 31.3 Å². The zero-order valence-electron chi connectivity index (χ0n) is 13.7. The van der Waals surface area contributed by atoms with E-state index in [4.69, 9.17) is 11.6 Å². The zero-order chi connectivity index (χ0) is 19.5. The third kappa shape index (κ3) is 4.83. The number of halogens is 1. The fourth-order valence-electron chi connectivity index (χ4n) is 2.60. The molecule has 1 aromatic rings. The summed E-state index contributed by atoms with van der Waals surface area (Å²) in [6.07, 6.45) is 1.88. The van der Waals surface area contributed by atoms with Gasteiger partial charge in [-0.05, 0) is 37.1 Å². The van der Waals surface area contributed by atoms with Crippen LogP contribution in [0.5, 0.6) is 0 Å². The largest absolute Gasteiger partial charge is 0.481 e. The SMILES string of the molecule is CC(=O)NS(=O)(=O)c1ccc(NC(=O)[C@H]2CC(Cl)=CC[C@@H]2C(=O)O)cc1. The maximum Gasteiger partial charge on any atom is 0.307 e. The second kappa shape index (κ2) is 7.88. The fraction of sp³-hybridized carbons (Fsp3) is 0.312. The van der Waals surface area contributed by atoms with E-state index in [1.807, 2.05) is 4.72 Å². The normalized spacial score (nSPS) is 20.0. The van der Waals surface area contributed by atoms with Crippen molar-refractivity contribution >= 4 is 45.1 Å². The van der Waals surface area contributed by atoms with E-state index in [0.29, 0.717) is 10.7 Å². The molecule has 0 aliphatic heterocycles. The molecule has 0 saturated heterocycles. The number of anilines is 1. The molecule has 140 valence electrons. The number of amides is 2. The molecule has 0 aromatic heterocycles. The molecule has 3 N–H and O–H groups in total. The standard InChI is InChI=1S/C16H17ClN2O6S/c1-9(20)19-26(24,25)12-5-3-11(4-6-12)18-15(21)14-8-10(17)2-7-13(14)16(22)23/h2-6,13-14H,7-8H2,1H3,(H,18,21)(H,19,20)(H,22,23)/t13-,14-/m0/s1. The van der Waals surface area contributed by atoms with Crippen LogP contribution in [-0.2, 0) is 24.4 Å². The van der Waals surface area contributed by atoms with Gasteiger partial charge in [0.25, 0.3) is 10.0 Å². The molecule has 2 atom stereocenters. The van der Waals surface area contributed by atoms with Gasteiger partial charge in [-0.15, -0.1) is 0 Å². The first-order valence-electron chi connectivity index (χ1n) is 7.62. The summed E-state index contributed by atoms with van der Waals surface area (Å²) in [5.41, 5.74) is 0.298. The van der Waals surface area contributed by atoms with E-state index >= 15 is 0 Å². The molecule has 10 heteroatoms. The molecule has 1 aliphatic rings. The second-order valence-electron chi connectivity index (χ2n) is 5.82. The van der Waals surface area contributed by atoms with Crippen LogP contribution in [0.15, 0.2) is 40.3 Å². The van der Waals surface area contributed by atoms with Crippen LogP contribution < -0.4 is 10.0 Å². The topological polar surface area (TPSA) is 130 Å². The highest BCUT2D eigenvalue weighted by molar-refractivity contribution is 7.90. The van der Waals surface area contributed by atoms with Crippen molar-refractivity contribution in [2.75, 3.05) is 5.32 Å². The Kier molecular flexibility index (Phi) is 6.04. The molecular weight excluding hydrogens is 384 g/mol. The lowest BCUT2D eigenvalue weighted by Gasteiger charge is -2.25. The van der Waals surface area contributed by atoms with E-state index in [-0.39, 0.29) is 17.7 Å². The first kappa shape index (κ1) is 19.9. The molecule has 0 saturated carbocycles. The first-order valence-corrected chi connectivity index (χ1v) is 9.48. The van der Waals surface area contributed by atoms with Gasteiger partial charge in [0.15, 0.2) is 0 Å². The van der Waals surface area contributed by atoms with Gasteiger partial charge in [0, 0.05) is 17.6 Å². The number of aliphatic carboxylic acids is 1. The maximum atomic E-state index is 12.4. The summed E-state index contributed by atoms with van der Waals surface area (Å²) >= 11 is 5.93. The smallest absolute Gasteiger partial charge is 0.307 e. The Hall–Kier alpha value is -2.39. The molecule has 0 radical (unpaired) electrons. The number of hydrogen-bond donors (Lipinski definition) is 3. The molecule has 0 fully saturated rings. The van der Waals surface area contributed by atoms with Gasteiger partial charge < -0.3 is 10.4 Å². The number of rotatable bonds is 5. The van der Waals surface area contributed by atoms with Crippen LogP contribution in [0.1, 0.15) is 19.8 Å². The van der Waals surface area contributed by atoms with Crippen molar-refractivity contribution in [3.63, 3.8) is 0 Å². The van der Waals surface area contributed by atoms with Gasteiger partial charge in [-0.3, -0.25) is 14.4 Å². The Morgan fingerprint density at radius 1 is 1.15 bits per heavy atom. The van der Waals surface area contributed by atoms with Crippen molar-refractivity contribution in [2.24, 2.45) is 11.8 Å². The second-order valence-corrected chi connectivity index (χ2v) is 7.99. The summed E-state index contributed by atoms with van der Waals surface area (Å²) in [6, 6.07) is 5.15. The molecule has 2 rings (SSSR count). The van der Waals surface area contributed by atoms with E-state index < -0.39 is 39.6 Å². The summed E-state index contributed by atoms with van der Waals surface area (Å²) in [4.78, 5) is 34.5. The molecular formula is C16H17ClN2O6S. The summed E-state index contributed by atoms with van der Waals surface area (Å²) in [6.45, 7) is 1.08. The molecule has 2 amide bonds.